The molecule has 0 saturated heterocycles. The molecular formula is C21H23BrN2O3. The van der Waals surface area contributed by atoms with Crippen LogP contribution in [0.2, 0.25) is 0 Å². The molecule has 0 bridgehead atoms. The minimum Gasteiger partial charge on any atom is -0.467 e. The monoisotopic (exact) mass is 430 g/mol. The Kier molecular flexibility index (Phi) is 6.86. The molecule has 1 aromatic heterocycles. The van der Waals surface area contributed by atoms with Gasteiger partial charge in [-0.15, -0.1) is 0 Å². The SMILES string of the molecule is CC#CC(=O)N(Cc1ccccc1Br)C(C(=O)NC(C)(C)C)c1ccco1. The number of carbonyl (C=O) groups is 2. The van der Waals surface area contributed by atoms with Crippen LogP contribution in [0.5, 0.6) is 0 Å². The number of hydrogen-bond donors (Lipinski definition) is 1. The Hall–Kier alpha value is -2.52. The molecule has 2 amide bonds. The molecule has 0 radical (unpaired) electrons. The predicted molar refractivity (Wildman–Crippen MR) is 107 cm³/mol. The fourth-order valence-electron chi connectivity index (χ4n) is 2.58. The second-order valence-corrected chi connectivity index (χ2v) is 7.91. The Labute approximate surface area is 168 Å². The van der Waals surface area contributed by atoms with Crippen LogP contribution in [0.3, 0.4) is 0 Å². The molecular weight excluding hydrogens is 408 g/mol. The molecule has 0 spiro atoms. The van der Waals surface area contributed by atoms with Crippen molar-refractivity contribution < 1.29 is 14.0 Å². The van der Waals surface area contributed by atoms with E-state index in [4.69, 9.17) is 4.42 Å². The third-order valence-corrected chi connectivity index (χ3v) is 4.44. The summed E-state index contributed by atoms with van der Waals surface area (Å²) in [6.45, 7) is 7.45. The van der Waals surface area contributed by atoms with Gasteiger partial charge < -0.3 is 14.6 Å². The number of halogens is 1. The number of nitrogens with zero attached hydrogens (tertiary/aromatic N) is 1. The molecule has 142 valence electrons. The largest absolute Gasteiger partial charge is 0.467 e. The van der Waals surface area contributed by atoms with Gasteiger partial charge in [0.2, 0.25) is 0 Å². The highest BCUT2D eigenvalue weighted by atomic mass is 79.9. The normalized spacial score (nSPS) is 11.9. The molecule has 0 fully saturated rings. The molecule has 0 aliphatic rings. The minimum absolute atomic E-state index is 0.206. The molecule has 6 heteroatoms. The van der Waals surface area contributed by atoms with Crippen LogP contribution in [0.1, 0.15) is 45.1 Å². The van der Waals surface area contributed by atoms with E-state index in [1.807, 2.05) is 45.0 Å². The second-order valence-electron chi connectivity index (χ2n) is 7.06. The van der Waals surface area contributed by atoms with E-state index in [9.17, 15) is 9.59 Å². The molecule has 1 atom stereocenters. The summed E-state index contributed by atoms with van der Waals surface area (Å²) in [5.74, 6) is 4.78. The molecule has 0 aliphatic heterocycles. The summed E-state index contributed by atoms with van der Waals surface area (Å²) in [6, 6.07) is 10.0. The van der Waals surface area contributed by atoms with Crippen molar-refractivity contribution in [2.75, 3.05) is 0 Å². The Morgan fingerprint density at radius 3 is 2.48 bits per heavy atom. The van der Waals surface area contributed by atoms with Gasteiger partial charge in [-0.25, -0.2) is 0 Å². The van der Waals surface area contributed by atoms with Gasteiger partial charge in [0.15, 0.2) is 6.04 Å². The molecule has 2 aromatic rings. The molecule has 2 rings (SSSR count). The molecule has 1 N–H and O–H groups in total. The first-order valence-corrected chi connectivity index (χ1v) is 9.34. The lowest BCUT2D eigenvalue weighted by molar-refractivity contribution is -0.139. The van der Waals surface area contributed by atoms with Crippen LogP contribution < -0.4 is 5.32 Å². The maximum atomic E-state index is 13.1. The third-order valence-electron chi connectivity index (χ3n) is 3.66. The van der Waals surface area contributed by atoms with E-state index in [1.165, 1.54) is 11.2 Å². The predicted octanol–water partition coefficient (Wildman–Crippen LogP) is 4.05. The average molecular weight is 431 g/mol. The van der Waals surface area contributed by atoms with Crippen LogP contribution in [0.15, 0.2) is 51.6 Å². The van der Waals surface area contributed by atoms with Crippen molar-refractivity contribution in [1.82, 2.24) is 10.2 Å². The van der Waals surface area contributed by atoms with Crippen LogP contribution in [0, 0.1) is 11.8 Å². The Bertz CT molecular complexity index is 858. The number of furan rings is 1. The molecule has 1 heterocycles. The van der Waals surface area contributed by atoms with Gasteiger partial charge in [-0.3, -0.25) is 9.59 Å². The first-order chi connectivity index (χ1) is 12.7. The van der Waals surface area contributed by atoms with Crippen LogP contribution in [-0.2, 0) is 16.1 Å². The summed E-state index contributed by atoms with van der Waals surface area (Å²) < 4.78 is 6.34. The summed E-state index contributed by atoms with van der Waals surface area (Å²) >= 11 is 3.50. The molecule has 27 heavy (non-hydrogen) atoms. The van der Waals surface area contributed by atoms with Crippen molar-refractivity contribution in [3.05, 3.63) is 58.5 Å². The van der Waals surface area contributed by atoms with Crippen molar-refractivity contribution in [2.24, 2.45) is 0 Å². The van der Waals surface area contributed by atoms with Crippen molar-refractivity contribution >= 4 is 27.7 Å². The van der Waals surface area contributed by atoms with E-state index in [1.54, 1.807) is 19.1 Å². The summed E-state index contributed by atoms with van der Waals surface area (Å²) in [7, 11) is 0. The second kappa shape index (κ2) is 8.92. The lowest BCUT2D eigenvalue weighted by atomic mass is 10.1. The number of hydrogen-bond acceptors (Lipinski definition) is 3. The fourth-order valence-corrected chi connectivity index (χ4v) is 2.99. The quantitative estimate of drug-likeness (QED) is 0.727. The van der Waals surface area contributed by atoms with Crippen LogP contribution in [0.25, 0.3) is 0 Å². The van der Waals surface area contributed by atoms with Crippen LogP contribution in [0.4, 0.5) is 0 Å². The molecule has 5 nitrogen and oxygen atoms in total. The van der Waals surface area contributed by atoms with Crippen molar-refractivity contribution in [3.63, 3.8) is 0 Å². The summed E-state index contributed by atoms with van der Waals surface area (Å²) in [6.07, 6.45) is 1.49. The maximum Gasteiger partial charge on any atom is 0.299 e. The van der Waals surface area contributed by atoms with Gasteiger partial charge in [0.1, 0.15) is 5.76 Å². The van der Waals surface area contributed by atoms with Crippen LogP contribution in [-0.4, -0.2) is 22.3 Å². The molecule has 0 saturated carbocycles. The van der Waals surface area contributed by atoms with Crippen molar-refractivity contribution in [3.8, 4) is 11.8 Å². The molecule has 1 unspecified atom stereocenters. The Morgan fingerprint density at radius 2 is 1.93 bits per heavy atom. The number of benzene rings is 1. The third kappa shape index (κ3) is 5.73. The van der Waals surface area contributed by atoms with E-state index in [-0.39, 0.29) is 12.5 Å². The van der Waals surface area contributed by atoms with E-state index in [2.05, 4.69) is 33.1 Å². The van der Waals surface area contributed by atoms with Gasteiger partial charge in [-0.2, -0.15) is 0 Å². The Balaban J connectivity index is 2.49. The standard InChI is InChI=1S/C21H23BrN2O3/c1-5-9-18(25)24(14-15-10-6-7-11-16(15)22)19(17-12-8-13-27-17)20(26)23-21(2,3)4/h6-8,10-13,19H,14H2,1-4H3,(H,23,26). The summed E-state index contributed by atoms with van der Waals surface area (Å²) in [5, 5.41) is 2.93. The van der Waals surface area contributed by atoms with Gasteiger partial charge in [-0.1, -0.05) is 40.0 Å². The van der Waals surface area contributed by atoms with Crippen molar-refractivity contribution in [2.45, 2.75) is 45.8 Å². The van der Waals surface area contributed by atoms with Gasteiger partial charge in [-0.05, 0) is 57.4 Å². The first kappa shape index (κ1) is 20.8. The minimum atomic E-state index is -0.931. The van der Waals surface area contributed by atoms with Gasteiger partial charge in [0, 0.05) is 16.6 Å². The smallest absolute Gasteiger partial charge is 0.299 e. The van der Waals surface area contributed by atoms with Gasteiger partial charge in [0.25, 0.3) is 11.8 Å². The van der Waals surface area contributed by atoms with Gasteiger partial charge in [0.05, 0.1) is 6.26 Å². The number of nitrogens with one attached hydrogen (secondary N) is 1. The van der Waals surface area contributed by atoms with Crippen molar-refractivity contribution in [1.29, 1.82) is 0 Å². The maximum absolute atomic E-state index is 13.1. The first-order valence-electron chi connectivity index (χ1n) is 8.55. The Morgan fingerprint density at radius 1 is 1.22 bits per heavy atom. The van der Waals surface area contributed by atoms with Gasteiger partial charge >= 0.3 is 0 Å². The summed E-state index contributed by atoms with van der Waals surface area (Å²) in [5.41, 5.74) is 0.407. The van der Waals surface area contributed by atoms with E-state index >= 15 is 0 Å². The average Bonchev–Trinajstić information content (AvgIpc) is 3.08. The highest BCUT2D eigenvalue weighted by Gasteiger charge is 2.35. The zero-order valence-electron chi connectivity index (χ0n) is 15.9. The lowest BCUT2D eigenvalue weighted by Gasteiger charge is -2.31. The van der Waals surface area contributed by atoms with E-state index in [0.29, 0.717) is 5.76 Å². The van der Waals surface area contributed by atoms with E-state index in [0.717, 1.165) is 10.0 Å². The summed E-state index contributed by atoms with van der Waals surface area (Å²) in [4.78, 5) is 27.3. The molecule has 1 aromatic carbocycles. The number of rotatable bonds is 5. The highest BCUT2D eigenvalue weighted by molar-refractivity contribution is 9.10. The van der Waals surface area contributed by atoms with Crippen LogP contribution >= 0.6 is 15.9 Å². The highest BCUT2D eigenvalue weighted by Crippen LogP contribution is 2.27. The number of amides is 2. The van der Waals surface area contributed by atoms with E-state index < -0.39 is 17.5 Å². The lowest BCUT2D eigenvalue weighted by Crippen LogP contribution is -2.48. The number of carbonyl (C=O) groups excluding carboxylic acids is 2. The molecule has 0 aliphatic carbocycles. The topological polar surface area (TPSA) is 62.6 Å². The fraction of sp³-hybridized carbons (Fsp3) is 0.333. The zero-order valence-corrected chi connectivity index (χ0v) is 17.5. The zero-order chi connectivity index (χ0) is 20.0.